The number of hydrogen-bond acceptors (Lipinski definition) is 15. The van der Waals surface area contributed by atoms with Crippen molar-refractivity contribution >= 4 is 47.6 Å². The lowest BCUT2D eigenvalue weighted by atomic mass is 9.90. The number of carbonyl (C=O) groups is 8. The molecule has 0 fully saturated rings. The number of cyclic esters (lactones) is 2. The first-order valence-corrected chi connectivity index (χ1v) is 26.9. The molecule has 0 saturated carbocycles. The van der Waals surface area contributed by atoms with Crippen molar-refractivity contribution in [3.05, 3.63) is 69.6 Å². The Kier molecular flexibility index (Phi) is 31.6. The molecule has 0 spiro atoms. The Hall–Kier alpha value is -6.55. The maximum absolute atomic E-state index is 14.3. The number of allylic oxidation sites excluding steroid dienone is 1. The number of benzene rings is 1. The monoisotopic (exact) mass is 1100 g/mol. The third-order valence-electron chi connectivity index (χ3n) is 13.1. The van der Waals surface area contributed by atoms with Crippen LogP contribution in [0.1, 0.15) is 107 Å². The Morgan fingerprint density at radius 2 is 1.49 bits per heavy atom. The van der Waals surface area contributed by atoms with E-state index in [4.69, 9.17) is 34.0 Å². The molecule has 23 nitrogen and oxygen atoms in total. The van der Waals surface area contributed by atoms with Crippen molar-refractivity contribution in [3.8, 4) is 0 Å². The average molecular weight is 1100 g/mol. The third-order valence-corrected chi connectivity index (χ3v) is 13.1. The van der Waals surface area contributed by atoms with Gasteiger partial charge >= 0.3 is 18.0 Å². The number of nitrogens with zero attached hydrogens (tertiary/aromatic N) is 5. The Morgan fingerprint density at radius 1 is 0.872 bits per heavy atom. The van der Waals surface area contributed by atoms with Crippen LogP contribution in [0, 0.1) is 17.8 Å². The van der Waals surface area contributed by atoms with Crippen LogP contribution in [0.3, 0.4) is 0 Å². The molecule has 1 aromatic rings. The lowest BCUT2D eigenvalue weighted by Gasteiger charge is -2.33. The van der Waals surface area contributed by atoms with E-state index < -0.39 is 108 Å². The van der Waals surface area contributed by atoms with Gasteiger partial charge < -0.3 is 59.5 Å². The first-order chi connectivity index (χ1) is 37.1. The molecule has 0 aromatic heterocycles. The van der Waals surface area contributed by atoms with Gasteiger partial charge in [0.15, 0.2) is 6.10 Å². The molecule has 78 heavy (non-hydrogen) atoms. The van der Waals surface area contributed by atoms with Crippen molar-refractivity contribution in [3.63, 3.8) is 0 Å². The molecule has 6 amide bonds. The number of amides is 6. The van der Waals surface area contributed by atoms with Crippen molar-refractivity contribution in [1.29, 1.82) is 0 Å². The number of ether oxygens (including phenoxy) is 6. The normalized spacial score (nSPS) is 24.4. The molecule has 4 N–H and O–H groups in total. The van der Waals surface area contributed by atoms with Crippen LogP contribution in [0.5, 0.6) is 0 Å². The van der Waals surface area contributed by atoms with Crippen molar-refractivity contribution in [2.24, 2.45) is 22.9 Å². The van der Waals surface area contributed by atoms with E-state index in [1.807, 2.05) is 20.8 Å². The molecule has 1 aliphatic rings. The van der Waals surface area contributed by atoms with Crippen LogP contribution in [-0.4, -0.2) is 173 Å². The molecular weight excluding hydrogens is 1010 g/mol. The highest BCUT2D eigenvalue weighted by Crippen LogP contribution is 2.26. The Balaban J connectivity index is 2.49. The first kappa shape index (κ1) is 67.6. The minimum Gasteiger partial charge on any atom is -0.456 e. The molecule has 0 radical (unpaired) electrons. The van der Waals surface area contributed by atoms with E-state index in [0.29, 0.717) is 76.6 Å². The van der Waals surface area contributed by atoms with Crippen LogP contribution in [0.15, 0.2) is 58.7 Å². The smallest absolute Gasteiger partial charge is 0.407 e. The molecule has 1 aliphatic heterocycles. The minimum atomic E-state index is -1.34. The van der Waals surface area contributed by atoms with Crippen LogP contribution in [0.2, 0.25) is 0 Å². The van der Waals surface area contributed by atoms with Gasteiger partial charge in [0.25, 0.3) is 5.91 Å². The van der Waals surface area contributed by atoms with Crippen LogP contribution < -0.4 is 21.3 Å². The molecule has 23 heteroatoms. The van der Waals surface area contributed by atoms with Gasteiger partial charge in [-0.2, -0.15) is 0 Å². The molecule has 1 aromatic carbocycles. The lowest BCUT2D eigenvalue weighted by Crippen LogP contribution is -2.57. The van der Waals surface area contributed by atoms with Gasteiger partial charge in [0.1, 0.15) is 36.4 Å². The Bertz CT molecular complexity index is 2200. The SMILES string of the molecule is C/C=C(\C)[C@H]1OC(=O)[C@@H](C)NC(=O)[C@H](C(C)CC)NC(=O)CN(C)C(=O)[C@@H](Cc2ccccc2)N(C)C(=O)[C@H](C)NC(=O)[C@@H](CC(C)C)OC(=O)/C(C)=C/C[C@H](OC(=O)NCCCOCCOCCOCCCN=[N+]=[N-])[C@@H]1C. The predicted molar refractivity (Wildman–Crippen MR) is 291 cm³/mol. The Morgan fingerprint density at radius 3 is 2.09 bits per heavy atom. The fourth-order valence-corrected chi connectivity index (χ4v) is 8.06. The van der Waals surface area contributed by atoms with Crippen LogP contribution in [0.25, 0.3) is 10.4 Å². The number of carbonyl (C=O) groups excluding carboxylic acids is 8. The molecule has 2 rings (SSSR count). The van der Waals surface area contributed by atoms with Gasteiger partial charge in [-0.25, -0.2) is 14.4 Å². The molecule has 0 saturated heterocycles. The van der Waals surface area contributed by atoms with Gasteiger partial charge in [-0.3, -0.25) is 24.0 Å². The van der Waals surface area contributed by atoms with Gasteiger partial charge in [0.05, 0.1) is 33.0 Å². The number of hydrogen-bond donors (Lipinski definition) is 4. The summed E-state index contributed by atoms with van der Waals surface area (Å²) in [6, 6.07) is 4.25. The molecular formula is C55H87N9O14. The second kappa shape index (κ2) is 36.5. The van der Waals surface area contributed by atoms with Gasteiger partial charge in [-0.15, -0.1) is 0 Å². The maximum Gasteiger partial charge on any atom is 0.407 e. The van der Waals surface area contributed by atoms with E-state index >= 15 is 0 Å². The van der Waals surface area contributed by atoms with Crippen LogP contribution in [-0.2, 0) is 68.4 Å². The minimum absolute atomic E-state index is 0.0549. The third kappa shape index (κ3) is 24.4. The predicted octanol–water partition coefficient (Wildman–Crippen LogP) is 5.11. The maximum atomic E-state index is 14.3. The van der Waals surface area contributed by atoms with Crippen LogP contribution in [0.4, 0.5) is 4.79 Å². The molecule has 436 valence electrons. The molecule has 1 heterocycles. The largest absolute Gasteiger partial charge is 0.456 e. The summed E-state index contributed by atoms with van der Waals surface area (Å²) in [6.45, 7) is 19.0. The summed E-state index contributed by atoms with van der Waals surface area (Å²) >= 11 is 0. The second-order valence-electron chi connectivity index (χ2n) is 20.0. The first-order valence-electron chi connectivity index (χ1n) is 26.9. The summed E-state index contributed by atoms with van der Waals surface area (Å²) in [6.07, 6.45) is 0.613. The summed E-state index contributed by atoms with van der Waals surface area (Å²) in [5, 5.41) is 14.3. The standard InChI is InChI=1S/C55H87N9O14/c1-13-36(5)47-50(67)60-41(10)54(71)78-48(37(6)14-2)39(8)44(77-55(72)57-24-18-26-73-28-30-75-31-29-74-27-19-25-58-62-56)23-22-38(7)53(70)76-45(32-35(3)4)49(66)59-40(9)51(68)64(12)43(33-42-20-16-15-17-21-42)52(69)63(11)34-46(65)61-47/h14-17,20-22,35-36,39-41,43-45,47-48H,13,18-19,23-34H2,1-12H3,(H,57,72)(H,59,66)(H,60,67)(H,61,65)/b37-14+,38-22+/t36?,39-,40-,41+,43+,44-,45+,47-,48+/m0/s1. The second-order valence-corrected chi connectivity index (χ2v) is 20.0. The molecule has 0 aliphatic carbocycles. The number of nitrogens with one attached hydrogen (secondary N) is 4. The lowest BCUT2D eigenvalue weighted by molar-refractivity contribution is -0.155. The van der Waals surface area contributed by atoms with E-state index in [9.17, 15) is 38.4 Å². The zero-order valence-corrected chi connectivity index (χ0v) is 47.9. The highest BCUT2D eigenvalue weighted by Gasteiger charge is 2.37. The van der Waals surface area contributed by atoms with Crippen molar-refractivity contribution in [2.75, 3.05) is 73.4 Å². The van der Waals surface area contributed by atoms with Gasteiger partial charge in [0.2, 0.25) is 23.6 Å². The molecule has 0 bridgehead atoms. The highest BCUT2D eigenvalue weighted by atomic mass is 16.6. The van der Waals surface area contributed by atoms with Crippen LogP contribution >= 0.6 is 0 Å². The summed E-state index contributed by atoms with van der Waals surface area (Å²) in [7, 11) is 2.83. The molecule has 9 atom stereocenters. The van der Waals surface area contributed by atoms with Gasteiger partial charge in [-0.1, -0.05) is 88.6 Å². The summed E-state index contributed by atoms with van der Waals surface area (Å²) in [4.78, 5) is 116. The van der Waals surface area contributed by atoms with E-state index in [-0.39, 0.29) is 37.3 Å². The Labute approximate surface area is 460 Å². The number of likely N-dealkylation sites (N-methyl/N-ethyl adjacent to an activating group) is 2. The summed E-state index contributed by atoms with van der Waals surface area (Å²) in [5.41, 5.74) is 9.70. The number of azide groups is 1. The topological polar surface area (TPSA) is 295 Å². The van der Waals surface area contributed by atoms with Gasteiger partial charge in [-0.05, 0) is 82.4 Å². The zero-order valence-electron chi connectivity index (χ0n) is 47.9. The zero-order chi connectivity index (χ0) is 58.3. The molecule has 1 unspecified atom stereocenters. The quantitative estimate of drug-likeness (QED) is 0.0223. The van der Waals surface area contributed by atoms with Crippen molar-refractivity contribution in [1.82, 2.24) is 31.1 Å². The van der Waals surface area contributed by atoms with E-state index in [0.717, 1.165) is 4.90 Å². The van der Waals surface area contributed by atoms with E-state index in [1.165, 1.54) is 45.8 Å². The van der Waals surface area contributed by atoms with Gasteiger partial charge in [0, 0.05) is 69.6 Å². The van der Waals surface area contributed by atoms with E-state index in [1.54, 1.807) is 64.1 Å². The summed E-state index contributed by atoms with van der Waals surface area (Å²) in [5.74, 6) is -6.33. The fourth-order valence-electron chi connectivity index (χ4n) is 8.06. The summed E-state index contributed by atoms with van der Waals surface area (Å²) < 4.78 is 34.4. The average Bonchev–Trinajstić information content (AvgIpc) is 3.41. The van der Waals surface area contributed by atoms with Crippen molar-refractivity contribution in [2.45, 2.75) is 150 Å². The fraction of sp³-hybridized carbons (Fsp3) is 0.673. The number of esters is 2. The number of rotatable bonds is 22. The number of alkyl carbamates (subject to hydrolysis) is 1. The van der Waals surface area contributed by atoms with E-state index in [2.05, 4.69) is 31.3 Å². The highest BCUT2D eigenvalue weighted by molar-refractivity contribution is 5.96. The van der Waals surface area contributed by atoms with Crippen molar-refractivity contribution < 1.29 is 66.8 Å².